The van der Waals surface area contributed by atoms with Crippen LogP contribution in [0.3, 0.4) is 0 Å². The zero-order valence-corrected chi connectivity index (χ0v) is 8.74. The summed E-state index contributed by atoms with van der Waals surface area (Å²) in [6.07, 6.45) is -1.39. The molecule has 0 radical (unpaired) electrons. The van der Waals surface area contributed by atoms with Gasteiger partial charge in [0.25, 0.3) is 6.43 Å². The van der Waals surface area contributed by atoms with Crippen molar-refractivity contribution in [2.45, 2.75) is 11.8 Å². The SMILES string of the molecule is Nc1ncc(Cl)c(CBr)c1C(F)F. The minimum absolute atomic E-state index is 0.172. The molecule has 1 aromatic heterocycles. The predicted molar refractivity (Wildman–Crippen MR) is 51.2 cm³/mol. The van der Waals surface area contributed by atoms with Crippen LogP contribution in [0.1, 0.15) is 17.6 Å². The number of halogens is 4. The zero-order chi connectivity index (χ0) is 10.0. The third kappa shape index (κ3) is 2.08. The zero-order valence-electron chi connectivity index (χ0n) is 6.40. The van der Waals surface area contributed by atoms with Crippen LogP contribution in [0.2, 0.25) is 5.02 Å². The molecular weight excluding hydrogens is 265 g/mol. The Kier molecular flexibility index (Phi) is 3.44. The molecule has 0 atom stereocenters. The van der Waals surface area contributed by atoms with Crippen LogP contribution in [-0.2, 0) is 5.33 Å². The summed E-state index contributed by atoms with van der Waals surface area (Å²) in [5.41, 5.74) is 5.30. The van der Waals surface area contributed by atoms with Gasteiger partial charge < -0.3 is 5.73 Å². The van der Waals surface area contributed by atoms with E-state index in [1.807, 2.05) is 0 Å². The molecule has 2 nitrogen and oxygen atoms in total. The van der Waals surface area contributed by atoms with Crippen molar-refractivity contribution >= 4 is 33.3 Å². The highest BCUT2D eigenvalue weighted by Gasteiger charge is 2.19. The molecule has 1 heterocycles. The van der Waals surface area contributed by atoms with Gasteiger partial charge in [-0.3, -0.25) is 0 Å². The molecule has 13 heavy (non-hydrogen) atoms. The molecule has 0 aromatic carbocycles. The third-order valence-corrected chi connectivity index (χ3v) is 2.44. The number of nitrogen functional groups attached to an aromatic ring is 1. The highest BCUT2D eigenvalue weighted by molar-refractivity contribution is 9.08. The van der Waals surface area contributed by atoms with Crippen molar-refractivity contribution in [3.63, 3.8) is 0 Å². The van der Waals surface area contributed by atoms with Crippen LogP contribution in [0.5, 0.6) is 0 Å². The van der Waals surface area contributed by atoms with Crippen LogP contribution < -0.4 is 5.73 Å². The Morgan fingerprint density at radius 2 is 2.23 bits per heavy atom. The molecule has 0 saturated heterocycles. The van der Waals surface area contributed by atoms with Gasteiger partial charge in [0, 0.05) is 11.5 Å². The fraction of sp³-hybridized carbons (Fsp3) is 0.286. The molecule has 0 saturated carbocycles. The van der Waals surface area contributed by atoms with Gasteiger partial charge in [0.05, 0.1) is 10.6 Å². The molecule has 6 heteroatoms. The Balaban J connectivity index is 3.35. The van der Waals surface area contributed by atoms with Crippen LogP contribution in [0.15, 0.2) is 6.20 Å². The largest absolute Gasteiger partial charge is 0.383 e. The number of aromatic nitrogens is 1. The van der Waals surface area contributed by atoms with Gasteiger partial charge in [0.2, 0.25) is 0 Å². The van der Waals surface area contributed by atoms with Gasteiger partial charge in [-0.15, -0.1) is 0 Å². The molecule has 0 aliphatic carbocycles. The van der Waals surface area contributed by atoms with Crippen molar-refractivity contribution in [1.29, 1.82) is 0 Å². The Labute approximate surface area is 87.2 Å². The Hall–Kier alpha value is -0.420. The monoisotopic (exact) mass is 270 g/mol. The molecule has 0 aliphatic rings. The first-order valence-corrected chi connectivity index (χ1v) is 4.84. The van der Waals surface area contributed by atoms with Crippen LogP contribution in [-0.4, -0.2) is 4.98 Å². The third-order valence-electron chi connectivity index (χ3n) is 1.56. The van der Waals surface area contributed by atoms with E-state index in [-0.39, 0.29) is 21.7 Å². The van der Waals surface area contributed by atoms with Gasteiger partial charge in [-0.2, -0.15) is 0 Å². The van der Waals surface area contributed by atoms with Gasteiger partial charge in [-0.05, 0) is 5.56 Å². The molecule has 0 amide bonds. The summed E-state index contributed by atoms with van der Waals surface area (Å²) in [5, 5.41) is 0.430. The van der Waals surface area contributed by atoms with E-state index in [1.165, 1.54) is 6.20 Å². The molecule has 72 valence electrons. The minimum atomic E-state index is -2.65. The number of rotatable bonds is 2. The second-order valence-electron chi connectivity index (χ2n) is 2.32. The highest BCUT2D eigenvalue weighted by atomic mass is 79.9. The second kappa shape index (κ2) is 4.19. The summed E-state index contributed by atoms with van der Waals surface area (Å²) in [5.74, 6) is -0.172. The lowest BCUT2D eigenvalue weighted by Crippen LogP contribution is -2.02. The van der Waals surface area contributed by atoms with E-state index < -0.39 is 6.43 Å². The summed E-state index contributed by atoms with van der Waals surface area (Å²) in [6.45, 7) is 0. The number of pyridine rings is 1. The number of alkyl halides is 3. The number of anilines is 1. The van der Waals surface area contributed by atoms with E-state index in [1.54, 1.807) is 0 Å². The molecule has 2 N–H and O–H groups in total. The van der Waals surface area contributed by atoms with Gasteiger partial charge in [-0.25, -0.2) is 13.8 Å². The van der Waals surface area contributed by atoms with E-state index in [2.05, 4.69) is 20.9 Å². The first kappa shape index (κ1) is 10.7. The van der Waals surface area contributed by atoms with Crippen molar-refractivity contribution in [2.24, 2.45) is 0 Å². The average Bonchev–Trinajstić information content (AvgIpc) is 2.07. The number of nitrogens with zero attached hydrogens (tertiary/aromatic N) is 1. The quantitative estimate of drug-likeness (QED) is 0.839. The summed E-state index contributed by atoms with van der Waals surface area (Å²) in [4.78, 5) is 3.55. The van der Waals surface area contributed by atoms with Crippen molar-refractivity contribution < 1.29 is 8.78 Å². The maximum atomic E-state index is 12.5. The first-order chi connectivity index (χ1) is 6.07. The molecule has 0 bridgehead atoms. The van der Waals surface area contributed by atoms with E-state index in [9.17, 15) is 8.78 Å². The first-order valence-electron chi connectivity index (χ1n) is 3.34. The van der Waals surface area contributed by atoms with Crippen molar-refractivity contribution in [1.82, 2.24) is 4.98 Å². The molecule has 0 fully saturated rings. The summed E-state index contributed by atoms with van der Waals surface area (Å²) < 4.78 is 24.9. The van der Waals surface area contributed by atoms with E-state index >= 15 is 0 Å². The van der Waals surface area contributed by atoms with E-state index in [0.29, 0.717) is 5.56 Å². The van der Waals surface area contributed by atoms with Crippen molar-refractivity contribution in [3.05, 3.63) is 22.3 Å². The fourth-order valence-corrected chi connectivity index (χ4v) is 1.92. The van der Waals surface area contributed by atoms with Crippen LogP contribution in [0, 0.1) is 0 Å². The Morgan fingerprint density at radius 3 is 2.62 bits per heavy atom. The normalized spacial score (nSPS) is 10.8. The Morgan fingerprint density at radius 1 is 1.62 bits per heavy atom. The van der Waals surface area contributed by atoms with Crippen molar-refractivity contribution in [3.8, 4) is 0 Å². The second-order valence-corrected chi connectivity index (χ2v) is 3.29. The molecular formula is C7H6BrClF2N2. The summed E-state index contributed by atoms with van der Waals surface area (Å²) >= 11 is 8.72. The molecule has 0 spiro atoms. The number of hydrogen-bond donors (Lipinski definition) is 1. The standard InChI is InChI=1S/C7H6BrClF2N2/c8-1-3-4(9)2-13-7(12)5(3)6(10)11/h2,6H,1H2,(H2,12,13). The maximum Gasteiger partial charge on any atom is 0.267 e. The van der Waals surface area contributed by atoms with Gasteiger partial charge >= 0.3 is 0 Å². The lowest BCUT2D eigenvalue weighted by Gasteiger charge is -2.09. The average molecular weight is 271 g/mol. The maximum absolute atomic E-state index is 12.5. The smallest absolute Gasteiger partial charge is 0.267 e. The predicted octanol–water partition coefficient (Wildman–Crippen LogP) is 3.15. The summed E-state index contributed by atoms with van der Waals surface area (Å²) in [6, 6.07) is 0. The van der Waals surface area contributed by atoms with Crippen LogP contribution in [0.25, 0.3) is 0 Å². The Bertz CT molecular complexity index is 320. The fourth-order valence-electron chi connectivity index (χ4n) is 0.936. The topological polar surface area (TPSA) is 38.9 Å². The van der Waals surface area contributed by atoms with Gasteiger partial charge in [0.15, 0.2) is 0 Å². The van der Waals surface area contributed by atoms with Crippen molar-refractivity contribution in [2.75, 3.05) is 5.73 Å². The molecule has 1 rings (SSSR count). The number of nitrogens with two attached hydrogens (primary N) is 1. The van der Waals surface area contributed by atoms with E-state index in [0.717, 1.165) is 0 Å². The van der Waals surface area contributed by atoms with Gasteiger partial charge in [-0.1, -0.05) is 27.5 Å². The van der Waals surface area contributed by atoms with Gasteiger partial charge in [0.1, 0.15) is 5.82 Å². The highest BCUT2D eigenvalue weighted by Crippen LogP contribution is 2.32. The summed E-state index contributed by atoms with van der Waals surface area (Å²) in [7, 11) is 0. The molecule has 0 aliphatic heterocycles. The van der Waals surface area contributed by atoms with Crippen LogP contribution in [0.4, 0.5) is 14.6 Å². The van der Waals surface area contributed by atoms with Crippen LogP contribution >= 0.6 is 27.5 Å². The van der Waals surface area contributed by atoms with E-state index in [4.69, 9.17) is 17.3 Å². The lowest BCUT2D eigenvalue weighted by atomic mass is 10.1. The molecule has 0 unspecified atom stereocenters. The minimum Gasteiger partial charge on any atom is -0.383 e. The molecule has 1 aromatic rings. The lowest BCUT2D eigenvalue weighted by molar-refractivity contribution is 0.151. The number of hydrogen-bond acceptors (Lipinski definition) is 2.